The highest BCUT2D eigenvalue weighted by atomic mass is 35.5. The molecule has 0 saturated heterocycles. The highest BCUT2D eigenvalue weighted by Gasteiger charge is 2.33. The van der Waals surface area contributed by atoms with E-state index in [1.54, 1.807) is 4.72 Å². The van der Waals surface area contributed by atoms with Gasteiger partial charge in [-0.15, -0.1) is 0 Å². The van der Waals surface area contributed by atoms with Gasteiger partial charge in [0.05, 0.1) is 22.8 Å². The van der Waals surface area contributed by atoms with E-state index in [1.165, 1.54) is 25.1 Å². The molecule has 13 heteroatoms. The lowest BCUT2D eigenvalue weighted by atomic mass is 10.2. The minimum absolute atomic E-state index is 0.224. The van der Waals surface area contributed by atoms with Gasteiger partial charge in [-0.2, -0.15) is 13.2 Å². The van der Waals surface area contributed by atoms with Gasteiger partial charge in [-0.25, -0.2) is 18.1 Å². The van der Waals surface area contributed by atoms with E-state index in [-0.39, 0.29) is 10.0 Å². The standard InChI is InChI=1S/C14H11Cl3F3N3O3S/c1-7(5-14(18,19)20)23-6-21-10(12(23)17)13(24)22-27(25,26)11-8(15)3-2-4-9(11)16/h2-4,6-7H,5H2,1H3,(H,22,24). The van der Waals surface area contributed by atoms with E-state index in [0.29, 0.717) is 0 Å². The summed E-state index contributed by atoms with van der Waals surface area (Å²) in [5.74, 6) is -1.24. The van der Waals surface area contributed by atoms with E-state index in [0.717, 1.165) is 10.9 Å². The summed E-state index contributed by atoms with van der Waals surface area (Å²) < 4.78 is 64.9. The second kappa shape index (κ2) is 7.86. The zero-order chi connectivity index (χ0) is 20.6. The average molecular weight is 465 g/mol. The number of sulfonamides is 1. The lowest BCUT2D eigenvalue weighted by Gasteiger charge is -2.16. The Morgan fingerprint density at radius 2 is 1.81 bits per heavy atom. The fourth-order valence-corrected chi connectivity index (χ4v) is 4.64. The molecule has 0 aliphatic carbocycles. The van der Waals surface area contributed by atoms with Crippen molar-refractivity contribution in [3.8, 4) is 0 Å². The Labute approximate surface area is 167 Å². The molecule has 6 nitrogen and oxygen atoms in total. The first-order valence-electron chi connectivity index (χ1n) is 7.13. The van der Waals surface area contributed by atoms with Crippen molar-refractivity contribution in [2.24, 2.45) is 0 Å². The molecule has 0 saturated carbocycles. The van der Waals surface area contributed by atoms with Crippen molar-refractivity contribution in [1.29, 1.82) is 0 Å². The number of imidazole rings is 1. The van der Waals surface area contributed by atoms with Crippen LogP contribution >= 0.6 is 34.8 Å². The molecule has 0 spiro atoms. The summed E-state index contributed by atoms with van der Waals surface area (Å²) in [6.45, 7) is 1.23. The van der Waals surface area contributed by atoms with Crippen molar-refractivity contribution in [2.75, 3.05) is 0 Å². The predicted octanol–water partition coefficient (Wildman–Crippen LogP) is 4.48. The molecule has 2 rings (SSSR count). The van der Waals surface area contributed by atoms with Crippen molar-refractivity contribution in [3.05, 3.63) is 45.4 Å². The molecular weight excluding hydrogens is 454 g/mol. The third kappa shape index (κ3) is 5.07. The molecule has 0 aliphatic heterocycles. The molecule has 0 radical (unpaired) electrons. The number of rotatable bonds is 5. The van der Waals surface area contributed by atoms with Crippen LogP contribution in [0.5, 0.6) is 0 Å². The van der Waals surface area contributed by atoms with Crippen LogP contribution in [0.15, 0.2) is 29.4 Å². The van der Waals surface area contributed by atoms with Crippen molar-refractivity contribution in [2.45, 2.75) is 30.5 Å². The first-order chi connectivity index (χ1) is 12.3. The van der Waals surface area contributed by atoms with Crippen molar-refractivity contribution in [3.63, 3.8) is 0 Å². The molecular formula is C14H11Cl3F3N3O3S. The van der Waals surface area contributed by atoms with E-state index >= 15 is 0 Å². The molecule has 1 atom stereocenters. The van der Waals surface area contributed by atoms with Crippen LogP contribution in [0.3, 0.4) is 0 Å². The van der Waals surface area contributed by atoms with E-state index < -0.39 is 50.3 Å². The van der Waals surface area contributed by atoms with Crippen molar-refractivity contribution >= 4 is 50.7 Å². The maximum Gasteiger partial charge on any atom is 0.391 e. The maximum absolute atomic E-state index is 12.5. The van der Waals surface area contributed by atoms with Crippen LogP contribution in [-0.2, 0) is 10.0 Å². The van der Waals surface area contributed by atoms with Crippen LogP contribution in [-0.4, -0.2) is 30.1 Å². The fourth-order valence-electron chi connectivity index (χ4n) is 2.20. The summed E-state index contributed by atoms with van der Waals surface area (Å²) in [6.07, 6.45) is -4.75. The minimum Gasteiger partial charge on any atom is -0.318 e. The van der Waals surface area contributed by atoms with Gasteiger partial charge >= 0.3 is 6.18 Å². The Morgan fingerprint density at radius 1 is 1.26 bits per heavy atom. The molecule has 0 bridgehead atoms. The zero-order valence-electron chi connectivity index (χ0n) is 13.4. The molecule has 1 aromatic carbocycles. The van der Waals surface area contributed by atoms with Gasteiger partial charge in [0, 0.05) is 6.04 Å². The van der Waals surface area contributed by atoms with E-state index in [9.17, 15) is 26.4 Å². The van der Waals surface area contributed by atoms with Gasteiger partial charge in [0.15, 0.2) is 5.69 Å². The zero-order valence-corrected chi connectivity index (χ0v) is 16.5. The van der Waals surface area contributed by atoms with Gasteiger partial charge in [-0.3, -0.25) is 4.79 Å². The van der Waals surface area contributed by atoms with Crippen molar-refractivity contribution in [1.82, 2.24) is 14.3 Å². The number of benzene rings is 1. The molecule has 1 N–H and O–H groups in total. The van der Waals surface area contributed by atoms with E-state index in [1.807, 2.05) is 0 Å². The van der Waals surface area contributed by atoms with Gasteiger partial charge in [-0.1, -0.05) is 40.9 Å². The Morgan fingerprint density at radius 3 is 2.33 bits per heavy atom. The topological polar surface area (TPSA) is 81.1 Å². The summed E-state index contributed by atoms with van der Waals surface area (Å²) in [6, 6.07) is 2.77. The van der Waals surface area contributed by atoms with Crippen LogP contribution < -0.4 is 4.72 Å². The van der Waals surface area contributed by atoms with E-state index in [4.69, 9.17) is 34.8 Å². The fraction of sp³-hybridized carbons (Fsp3) is 0.286. The Kier molecular flexibility index (Phi) is 6.35. The SMILES string of the molecule is CC(CC(F)(F)F)n1cnc(C(=O)NS(=O)(=O)c2c(Cl)cccc2Cl)c1Cl. The summed E-state index contributed by atoms with van der Waals surface area (Å²) in [4.78, 5) is 15.3. The smallest absolute Gasteiger partial charge is 0.318 e. The number of nitrogens with zero attached hydrogens (tertiary/aromatic N) is 2. The summed E-state index contributed by atoms with van der Waals surface area (Å²) >= 11 is 17.5. The lowest BCUT2D eigenvalue weighted by molar-refractivity contribution is -0.141. The Balaban J connectivity index is 2.29. The summed E-state index contributed by atoms with van der Waals surface area (Å²) in [7, 11) is -4.48. The molecule has 0 aliphatic rings. The molecule has 1 heterocycles. The molecule has 1 unspecified atom stereocenters. The number of amides is 1. The normalized spacial score (nSPS) is 13.4. The van der Waals surface area contributed by atoms with Gasteiger partial charge in [0.2, 0.25) is 0 Å². The quantitative estimate of drug-likeness (QED) is 0.708. The highest BCUT2D eigenvalue weighted by Crippen LogP contribution is 2.31. The third-order valence-electron chi connectivity index (χ3n) is 3.36. The number of hydrogen-bond donors (Lipinski definition) is 1. The minimum atomic E-state index is -4.48. The van der Waals surface area contributed by atoms with Gasteiger partial charge in [-0.05, 0) is 19.1 Å². The molecule has 1 aromatic heterocycles. The molecule has 27 heavy (non-hydrogen) atoms. The number of carbonyl (C=O) groups excluding carboxylic acids is 1. The lowest BCUT2D eigenvalue weighted by Crippen LogP contribution is -2.31. The highest BCUT2D eigenvalue weighted by molar-refractivity contribution is 7.90. The van der Waals surface area contributed by atoms with E-state index in [2.05, 4.69) is 4.98 Å². The monoisotopic (exact) mass is 463 g/mol. The number of nitrogens with one attached hydrogen (secondary N) is 1. The van der Waals surface area contributed by atoms with Crippen molar-refractivity contribution < 1.29 is 26.4 Å². The molecule has 2 aromatic rings. The van der Waals surface area contributed by atoms with Crippen LogP contribution in [0.4, 0.5) is 13.2 Å². The first-order valence-corrected chi connectivity index (χ1v) is 9.75. The number of hydrogen-bond acceptors (Lipinski definition) is 4. The summed E-state index contributed by atoms with van der Waals surface area (Å²) in [5.41, 5.74) is -0.558. The number of alkyl halides is 3. The predicted molar refractivity (Wildman–Crippen MR) is 93.7 cm³/mol. The van der Waals surface area contributed by atoms with Gasteiger partial charge in [0.25, 0.3) is 15.9 Å². The van der Waals surface area contributed by atoms with Gasteiger partial charge in [0.1, 0.15) is 10.0 Å². The largest absolute Gasteiger partial charge is 0.391 e. The molecule has 0 fully saturated rings. The second-order valence-corrected chi connectivity index (χ2v) is 8.24. The van der Waals surface area contributed by atoms with Crippen LogP contribution in [0.1, 0.15) is 29.9 Å². The van der Waals surface area contributed by atoms with Crippen LogP contribution in [0, 0.1) is 0 Å². The Bertz CT molecular complexity index is 957. The first kappa shape index (κ1) is 21.8. The number of halogens is 6. The second-order valence-electron chi connectivity index (χ2n) is 5.44. The number of carbonyl (C=O) groups is 1. The molecule has 1 amide bonds. The Hall–Kier alpha value is -1.49. The molecule has 148 valence electrons. The van der Waals surface area contributed by atoms with Gasteiger partial charge < -0.3 is 4.57 Å². The third-order valence-corrected chi connectivity index (χ3v) is 6.02. The van der Waals surface area contributed by atoms with Crippen LogP contribution in [0.25, 0.3) is 0 Å². The maximum atomic E-state index is 12.5. The average Bonchev–Trinajstić information content (AvgIpc) is 2.86. The van der Waals surface area contributed by atoms with Crippen LogP contribution in [0.2, 0.25) is 15.2 Å². The number of aromatic nitrogens is 2. The summed E-state index contributed by atoms with van der Waals surface area (Å²) in [5, 5.41) is -0.888.